The average molecular weight is 291 g/mol. The molecule has 0 fully saturated rings. The zero-order chi connectivity index (χ0) is 15.8. The highest BCUT2D eigenvalue weighted by atomic mass is 16.3. The highest BCUT2D eigenvalue weighted by molar-refractivity contribution is 5.97. The molecule has 118 valence electrons. The number of nitrogens with zero attached hydrogens (tertiary/aromatic N) is 1. The van der Waals surface area contributed by atoms with Gasteiger partial charge in [-0.3, -0.25) is 9.69 Å². The molecule has 1 N–H and O–H groups in total. The smallest absolute Gasteiger partial charge is 0.176 e. The van der Waals surface area contributed by atoms with E-state index in [-0.39, 0.29) is 12.4 Å². The van der Waals surface area contributed by atoms with Gasteiger partial charge in [0.2, 0.25) is 0 Å². The van der Waals surface area contributed by atoms with Gasteiger partial charge in [0, 0.05) is 18.2 Å². The third-order valence-corrected chi connectivity index (χ3v) is 4.09. The molecular weight excluding hydrogens is 262 g/mol. The summed E-state index contributed by atoms with van der Waals surface area (Å²) >= 11 is 0. The SMILES string of the molecule is CCC(CC)N(CCO)CC(=O)c1ccc(C(C)C)cc1. The summed E-state index contributed by atoms with van der Waals surface area (Å²) < 4.78 is 0. The minimum atomic E-state index is 0.0933. The van der Waals surface area contributed by atoms with Crippen molar-refractivity contribution in [2.45, 2.75) is 52.5 Å². The van der Waals surface area contributed by atoms with Crippen LogP contribution < -0.4 is 0 Å². The summed E-state index contributed by atoms with van der Waals surface area (Å²) in [5.74, 6) is 0.607. The fourth-order valence-corrected chi connectivity index (χ4v) is 2.65. The highest BCUT2D eigenvalue weighted by Gasteiger charge is 2.18. The Bertz CT molecular complexity index is 421. The molecule has 1 rings (SSSR count). The minimum Gasteiger partial charge on any atom is -0.395 e. The number of aliphatic hydroxyl groups is 1. The fourth-order valence-electron chi connectivity index (χ4n) is 2.65. The Morgan fingerprint density at radius 2 is 1.71 bits per heavy atom. The molecule has 0 bridgehead atoms. The number of ketones is 1. The van der Waals surface area contributed by atoms with E-state index in [1.54, 1.807) is 0 Å². The van der Waals surface area contributed by atoms with Gasteiger partial charge in [-0.2, -0.15) is 0 Å². The number of carbonyl (C=O) groups is 1. The van der Waals surface area contributed by atoms with E-state index in [1.807, 2.05) is 24.3 Å². The molecule has 21 heavy (non-hydrogen) atoms. The van der Waals surface area contributed by atoms with Crippen molar-refractivity contribution >= 4 is 5.78 Å². The number of Topliss-reactive ketones (excluding diaryl/α,β-unsaturated/α-hetero) is 1. The second-order valence-corrected chi connectivity index (χ2v) is 5.86. The molecule has 0 saturated heterocycles. The first-order valence-electron chi connectivity index (χ1n) is 8.01. The summed E-state index contributed by atoms with van der Waals surface area (Å²) in [6.07, 6.45) is 1.99. The van der Waals surface area contributed by atoms with Crippen LogP contribution in [-0.4, -0.2) is 41.5 Å². The van der Waals surface area contributed by atoms with Crippen molar-refractivity contribution in [2.24, 2.45) is 0 Å². The average Bonchev–Trinajstić information content (AvgIpc) is 2.48. The Labute approximate surface area is 129 Å². The third kappa shape index (κ3) is 5.25. The Morgan fingerprint density at radius 1 is 1.14 bits per heavy atom. The molecule has 3 nitrogen and oxygen atoms in total. The maximum absolute atomic E-state index is 12.4. The number of carbonyl (C=O) groups excluding carboxylic acids is 1. The van der Waals surface area contributed by atoms with E-state index in [2.05, 4.69) is 32.6 Å². The zero-order valence-corrected chi connectivity index (χ0v) is 13.8. The lowest BCUT2D eigenvalue weighted by Crippen LogP contribution is -2.40. The van der Waals surface area contributed by atoms with Crippen molar-refractivity contribution in [3.05, 3.63) is 35.4 Å². The monoisotopic (exact) mass is 291 g/mol. The molecule has 0 aliphatic carbocycles. The van der Waals surface area contributed by atoms with Gasteiger partial charge < -0.3 is 5.11 Å². The van der Waals surface area contributed by atoms with E-state index >= 15 is 0 Å². The van der Waals surface area contributed by atoms with Crippen LogP contribution in [0.1, 0.15) is 62.4 Å². The van der Waals surface area contributed by atoms with E-state index in [9.17, 15) is 9.90 Å². The molecule has 0 radical (unpaired) electrons. The predicted octanol–water partition coefficient (Wildman–Crippen LogP) is 3.48. The van der Waals surface area contributed by atoms with Crippen molar-refractivity contribution in [3.8, 4) is 0 Å². The molecule has 0 heterocycles. The first-order valence-corrected chi connectivity index (χ1v) is 8.01. The van der Waals surface area contributed by atoms with Gasteiger partial charge in [-0.05, 0) is 24.3 Å². The number of benzene rings is 1. The number of hydrogen-bond acceptors (Lipinski definition) is 3. The Morgan fingerprint density at radius 3 is 2.14 bits per heavy atom. The molecule has 3 heteroatoms. The zero-order valence-electron chi connectivity index (χ0n) is 13.8. The van der Waals surface area contributed by atoms with E-state index in [4.69, 9.17) is 0 Å². The van der Waals surface area contributed by atoms with E-state index in [0.29, 0.717) is 25.0 Å². The topological polar surface area (TPSA) is 40.5 Å². The van der Waals surface area contributed by atoms with Crippen LogP contribution in [0.2, 0.25) is 0 Å². The molecule has 0 aromatic heterocycles. The lowest BCUT2D eigenvalue weighted by atomic mass is 10.00. The van der Waals surface area contributed by atoms with Gasteiger partial charge in [-0.25, -0.2) is 0 Å². The second kappa shape index (κ2) is 8.96. The summed E-state index contributed by atoms with van der Waals surface area (Å²) in [6, 6.07) is 8.26. The Kier molecular flexibility index (Phi) is 7.62. The largest absolute Gasteiger partial charge is 0.395 e. The van der Waals surface area contributed by atoms with Crippen LogP contribution in [0.5, 0.6) is 0 Å². The molecule has 0 aliphatic heterocycles. The van der Waals surface area contributed by atoms with Crippen LogP contribution in [0.25, 0.3) is 0 Å². The van der Waals surface area contributed by atoms with Crippen molar-refractivity contribution in [1.82, 2.24) is 4.90 Å². The highest BCUT2D eigenvalue weighted by Crippen LogP contribution is 2.16. The molecule has 0 atom stereocenters. The lowest BCUT2D eigenvalue weighted by Gasteiger charge is -2.29. The second-order valence-electron chi connectivity index (χ2n) is 5.86. The van der Waals surface area contributed by atoms with E-state index in [1.165, 1.54) is 5.56 Å². The van der Waals surface area contributed by atoms with Gasteiger partial charge >= 0.3 is 0 Å². The van der Waals surface area contributed by atoms with Gasteiger partial charge in [-0.15, -0.1) is 0 Å². The minimum absolute atomic E-state index is 0.0933. The molecule has 0 spiro atoms. The van der Waals surface area contributed by atoms with Gasteiger partial charge in [0.05, 0.1) is 13.2 Å². The summed E-state index contributed by atoms with van der Waals surface area (Å²) in [5, 5.41) is 9.20. The Hall–Kier alpha value is -1.19. The van der Waals surface area contributed by atoms with Crippen LogP contribution in [0.3, 0.4) is 0 Å². The number of rotatable bonds is 9. The summed E-state index contributed by atoms with van der Waals surface area (Å²) in [5.41, 5.74) is 2.01. The molecule has 0 unspecified atom stereocenters. The van der Waals surface area contributed by atoms with Crippen LogP contribution in [-0.2, 0) is 0 Å². The summed E-state index contributed by atoms with van der Waals surface area (Å²) in [7, 11) is 0. The van der Waals surface area contributed by atoms with E-state index in [0.717, 1.165) is 18.4 Å². The van der Waals surface area contributed by atoms with Crippen molar-refractivity contribution < 1.29 is 9.90 Å². The first kappa shape index (κ1) is 17.9. The summed E-state index contributed by atoms with van der Waals surface area (Å²) in [4.78, 5) is 14.5. The molecule has 1 aromatic carbocycles. The van der Waals surface area contributed by atoms with Crippen LogP contribution in [0.15, 0.2) is 24.3 Å². The van der Waals surface area contributed by atoms with Crippen LogP contribution in [0.4, 0.5) is 0 Å². The van der Waals surface area contributed by atoms with Crippen molar-refractivity contribution in [3.63, 3.8) is 0 Å². The van der Waals surface area contributed by atoms with Gasteiger partial charge in [0.15, 0.2) is 5.78 Å². The van der Waals surface area contributed by atoms with Crippen LogP contribution in [0, 0.1) is 0 Å². The van der Waals surface area contributed by atoms with Gasteiger partial charge in [0.25, 0.3) is 0 Å². The Balaban J connectivity index is 2.76. The van der Waals surface area contributed by atoms with E-state index < -0.39 is 0 Å². The van der Waals surface area contributed by atoms with Crippen molar-refractivity contribution in [2.75, 3.05) is 19.7 Å². The molecule has 0 aliphatic rings. The standard InChI is InChI=1S/C18H29NO2/c1-5-17(6-2)19(11-12-20)13-18(21)16-9-7-15(8-10-16)14(3)4/h7-10,14,17,20H,5-6,11-13H2,1-4H3. The first-order chi connectivity index (χ1) is 10.0. The molecule has 1 aromatic rings. The third-order valence-electron chi connectivity index (χ3n) is 4.09. The van der Waals surface area contributed by atoms with Gasteiger partial charge in [0.1, 0.15) is 0 Å². The fraction of sp³-hybridized carbons (Fsp3) is 0.611. The van der Waals surface area contributed by atoms with Crippen molar-refractivity contribution in [1.29, 1.82) is 0 Å². The maximum atomic E-state index is 12.4. The maximum Gasteiger partial charge on any atom is 0.176 e. The van der Waals surface area contributed by atoms with Crippen LogP contribution >= 0.6 is 0 Å². The normalized spacial score (nSPS) is 11.6. The molecule has 0 amide bonds. The predicted molar refractivity (Wildman–Crippen MR) is 87.9 cm³/mol. The number of aliphatic hydroxyl groups excluding tert-OH is 1. The van der Waals surface area contributed by atoms with Gasteiger partial charge in [-0.1, -0.05) is 52.0 Å². The quantitative estimate of drug-likeness (QED) is 0.708. The molecule has 0 saturated carbocycles. The summed E-state index contributed by atoms with van der Waals surface area (Å²) in [6.45, 7) is 9.58. The molecular formula is C18H29NO2. The lowest BCUT2D eigenvalue weighted by molar-refractivity contribution is 0.0850. The number of hydrogen-bond donors (Lipinski definition) is 1.